The number of carbonyl (C=O) groups excluding carboxylic acids is 2. The van der Waals surface area contributed by atoms with E-state index in [1.54, 1.807) is 24.3 Å². The number of halogens is 1. The van der Waals surface area contributed by atoms with Gasteiger partial charge in [-0.15, -0.1) is 0 Å². The number of benzene rings is 2. The number of fused-ring (bicyclic) bond motifs is 1. The number of amides is 2. The van der Waals surface area contributed by atoms with Gasteiger partial charge in [0.2, 0.25) is 5.91 Å². The van der Waals surface area contributed by atoms with Gasteiger partial charge in [0.05, 0.1) is 6.54 Å². The highest BCUT2D eigenvalue weighted by molar-refractivity contribution is 6.07. The molecule has 20 heavy (non-hydrogen) atoms. The molecular formula is C14H13FN2O3. The predicted molar refractivity (Wildman–Crippen MR) is 71.4 cm³/mol. The summed E-state index contributed by atoms with van der Waals surface area (Å²) in [6, 6.07) is 9.10. The number of aliphatic hydroxyl groups excluding tert-OH is 1. The van der Waals surface area contributed by atoms with Gasteiger partial charge >= 0.3 is 0 Å². The molecule has 0 saturated carbocycles. The van der Waals surface area contributed by atoms with E-state index in [2.05, 4.69) is 5.32 Å². The molecule has 104 valence electrons. The van der Waals surface area contributed by atoms with Gasteiger partial charge in [-0.3, -0.25) is 9.59 Å². The average Bonchev–Trinajstić information content (AvgIpc) is 2.45. The number of rotatable bonds is 4. The van der Waals surface area contributed by atoms with E-state index >= 15 is 0 Å². The fourth-order valence-corrected chi connectivity index (χ4v) is 1.85. The van der Waals surface area contributed by atoms with Crippen molar-refractivity contribution in [3.05, 3.63) is 47.8 Å². The van der Waals surface area contributed by atoms with Gasteiger partial charge in [0.1, 0.15) is 11.9 Å². The van der Waals surface area contributed by atoms with Crippen LogP contribution in [0.1, 0.15) is 10.4 Å². The third-order valence-electron chi connectivity index (χ3n) is 2.90. The molecule has 0 heterocycles. The van der Waals surface area contributed by atoms with E-state index in [9.17, 15) is 19.1 Å². The molecule has 0 aliphatic rings. The molecule has 2 aromatic carbocycles. The van der Waals surface area contributed by atoms with Crippen molar-refractivity contribution in [2.45, 2.75) is 6.10 Å². The van der Waals surface area contributed by atoms with Crippen LogP contribution in [0.5, 0.6) is 0 Å². The van der Waals surface area contributed by atoms with Crippen molar-refractivity contribution < 1.29 is 19.1 Å². The van der Waals surface area contributed by atoms with E-state index in [4.69, 9.17) is 5.73 Å². The van der Waals surface area contributed by atoms with Crippen molar-refractivity contribution in [1.29, 1.82) is 0 Å². The summed E-state index contributed by atoms with van der Waals surface area (Å²) in [5.41, 5.74) is 5.14. The summed E-state index contributed by atoms with van der Waals surface area (Å²) < 4.78 is 13.6. The summed E-state index contributed by atoms with van der Waals surface area (Å²) >= 11 is 0. The molecule has 0 aromatic heterocycles. The molecule has 4 N–H and O–H groups in total. The largest absolute Gasteiger partial charge is 0.381 e. The van der Waals surface area contributed by atoms with Crippen molar-refractivity contribution in [1.82, 2.24) is 5.32 Å². The molecule has 2 rings (SSSR count). The first-order chi connectivity index (χ1) is 9.50. The zero-order chi connectivity index (χ0) is 14.7. The Bertz CT molecular complexity index is 673. The van der Waals surface area contributed by atoms with Gasteiger partial charge in [-0.1, -0.05) is 24.3 Å². The molecular weight excluding hydrogens is 263 g/mol. The lowest BCUT2D eigenvalue weighted by atomic mass is 10.0. The summed E-state index contributed by atoms with van der Waals surface area (Å²) in [6.07, 6.45) is -1.45. The first-order valence-electron chi connectivity index (χ1n) is 5.93. The standard InChI is InChI=1S/C14H13FN2O3/c15-11-6-5-10(8-3-1-2-4-9(8)11)14(20)17-7-12(18)13(16)19/h1-6,12,18H,7H2,(H2,16,19)(H,17,20). The van der Waals surface area contributed by atoms with E-state index in [0.717, 1.165) is 0 Å². The second kappa shape index (κ2) is 5.66. The van der Waals surface area contributed by atoms with Gasteiger partial charge in [0.15, 0.2) is 0 Å². The van der Waals surface area contributed by atoms with Crippen LogP contribution in [0.2, 0.25) is 0 Å². The maximum Gasteiger partial charge on any atom is 0.252 e. The zero-order valence-corrected chi connectivity index (χ0v) is 10.5. The molecule has 5 nitrogen and oxygen atoms in total. The Balaban J connectivity index is 2.27. The molecule has 0 saturated heterocycles. The quantitative estimate of drug-likeness (QED) is 0.761. The highest BCUT2D eigenvalue weighted by atomic mass is 19.1. The fraction of sp³-hybridized carbons (Fsp3) is 0.143. The van der Waals surface area contributed by atoms with Gasteiger partial charge in [-0.2, -0.15) is 0 Å². The van der Waals surface area contributed by atoms with Gasteiger partial charge in [-0.05, 0) is 17.5 Å². The molecule has 0 aliphatic heterocycles. The number of hydrogen-bond donors (Lipinski definition) is 3. The Morgan fingerprint density at radius 2 is 1.85 bits per heavy atom. The van der Waals surface area contributed by atoms with Crippen molar-refractivity contribution in [3.8, 4) is 0 Å². The van der Waals surface area contributed by atoms with Crippen LogP contribution in [-0.2, 0) is 4.79 Å². The number of hydrogen-bond acceptors (Lipinski definition) is 3. The third-order valence-corrected chi connectivity index (χ3v) is 2.90. The Kier molecular flexibility index (Phi) is 3.95. The predicted octanol–water partition coefficient (Wildman–Crippen LogP) is 0.555. The van der Waals surface area contributed by atoms with Crippen molar-refractivity contribution >= 4 is 22.6 Å². The van der Waals surface area contributed by atoms with Crippen LogP contribution in [0, 0.1) is 5.82 Å². The smallest absolute Gasteiger partial charge is 0.252 e. The Hall–Kier alpha value is -2.47. The molecule has 2 amide bonds. The Morgan fingerprint density at radius 3 is 2.50 bits per heavy atom. The topological polar surface area (TPSA) is 92.4 Å². The van der Waals surface area contributed by atoms with E-state index < -0.39 is 23.7 Å². The van der Waals surface area contributed by atoms with Crippen LogP contribution < -0.4 is 11.1 Å². The second-order valence-electron chi connectivity index (χ2n) is 4.27. The number of nitrogens with two attached hydrogens (primary N) is 1. The lowest BCUT2D eigenvalue weighted by Gasteiger charge is -2.10. The zero-order valence-electron chi connectivity index (χ0n) is 10.5. The minimum absolute atomic E-state index is 0.263. The van der Waals surface area contributed by atoms with Gasteiger partial charge in [-0.25, -0.2) is 4.39 Å². The molecule has 6 heteroatoms. The molecule has 0 fully saturated rings. The monoisotopic (exact) mass is 276 g/mol. The fourth-order valence-electron chi connectivity index (χ4n) is 1.85. The van der Waals surface area contributed by atoms with Crippen molar-refractivity contribution in [2.75, 3.05) is 6.54 Å². The summed E-state index contributed by atoms with van der Waals surface area (Å²) in [4.78, 5) is 22.7. The molecule has 1 unspecified atom stereocenters. The average molecular weight is 276 g/mol. The molecule has 0 aliphatic carbocycles. The van der Waals surface area contributed by atoms with Crippen LogP contribution in [0.3, 0.4) is 0 Å². The summed E-state index contributed by atoms with van der Waals surface area (Å²) in [5.74, 6) is -1.86. The van der Waals surface area contributed by atoms with Gasteiger partial charge in [0.25, 0.3) is 5.91 Å². The minimum Gasteiger partial charge on any atom is -0.381 e. The summed E-state index contributed by atoms with van der Waals surface area (Å²) in [6.45, 7) is -0.292. The second-order valence-corrected chi connectivity index (χ2v) is 4.27. The normalized spacial score (nSPS) is 12.1. The van der Waals surface area contributed by atoms with Crippen LogP contribution in [0.4, 0.5) is 4.39 Å². The van der Waals surface area contributed by atoms with E-state index in [1.807, 2.05) is 0 Å². The Labute approximate surface area is 114 Å². The van der Waals surface area contributed by atoms with E-state index in [-0.39, 0.29) is 12.1 Å². The molecule has 1 atom stereocenters. The highest BCUT2D eigenvalue weighted by Gasteiger charge is 2.15. The minimum atomic E-state index is -1.45. The third kappa shape index (κ3) is 2.75. The number of aliphatic hydroxyl groups is 1. The molecule has 0 bridgehead atoms. The van der Waals surface area contributed by atoms with Gasteiger partial charge < -0.3 is 16.2 Å². The number of carbonyl (C=O) groups is 2. The first kappa shape index (κ1) is 14.0. The van der Waals surface area contributed by atoms with E-state index in [1.165, 1.54) is 12.1 Å². The number of nitrogens with one attached hydrogen (secondary N) is 1. The molecule has 0 spiro atoms. The van der Waals surface area contributed by atoms with Crippen LogP contribution in [0.25, 0.3) is 10.8 Å². The summed E-state index contributed by atoms with van der Waals surface area (Å²) in [7, 11) is 0. The lowest BCUT2D eigenvalue weighted by Crippen LogP contribution is -2.40. The molecule has 2 aromatic rings. The SMILES string of the molecule is NC(=O)C(O)CNC(=O)c1ccc(F)c2ccccc12. The van der Waals surface area contributed by atoms with Crippen LogP contribution >= 0.6 is 0 Å². The molecule has 0 radical (unpaired) electrons. The van der Waals surface area contributed by atoms with Crippen LogP contribution in [-0.4, -0.2) is 29.6 Å². The number of primary amides is 1. The summed E-state index contributed by atoms with van der Waals surface area (Å²) in [5, 5.41) is 12.4. The highest BCUT2D eigenvalue weighted by Crippen LogP contribution is 2.21. The lowest BCUT2D eigenvalue weighted by molar-refractivity contribution is -0.125. The van der Waals surface area contributed by atoms with E-state index in [0.29, 0.717) is 10.8 Å². The maximum absolute atomic E-state index is 13.6. The van der Waals surface area contributed by atoms with Crippen molar-refractivity contribution in [3.63, 3.8) is 0 Å². The van der Waals surface area contributed by atoms with Crippen molar-refractivity contribution in [2.24, 2.45) is 5.73 Å². The first-order valence-corrected chi connectivity index (χ1v) is 5.93. The van der Waals surface area contributed by atoms with Gasteiger partial charge in [0, 0.05) is 10.9 Å². The van der Waals surface area contributed by atoms with Crippen LogP contribution in [0.15, 0.2) is 36.4 Å². The Morgan fingerprint density at radius 1 is 1.20 bits per heavy atom. The maximum atomic E-state index is 13.6.